The maximum atomic E-state index is 11.3. The van der Waals surface area contributed by atoms with E-state index in [4.69, 9.17) is 9.47 Å². The fourth-order valence-electron chi connectivity index (χ4n) is 1.30. The fraction of sp³-hybridized carbons (Fsp3) is 0.700. The maximum Gasteiger partial charge on any atom is 0.333 e. The maximum absolute atomic E-state index is 11.3. The van der Waals surface area contributed by atoms with Crippen LogP contribution in [-0.4, -0.2) is 24.8 Å². The second kappa shape index (κ2) is 3.92. The molecule has 1 atom stereocenters. The van der Waals surface area contributed by atoms with Gasteiger partial charge in [0.2, 0.25) is 0 Å². The molecule has 1 saturated heterocycles. The van der Waals surface area contributed by atoms with Gasteiger partial charge in [0.15, 0.2) is 0 Å². The van der Waals surface area contributed by atoms with Crippen molar-refractivity contribution in [3.8, 4) is 0 Å². The van der Waals surface area contributed by atoms with Crippen LogP contribution in [-0.2, 0) is 14.3 Å². The quantitative estimate of drug-likeness (QED) is 0.494. The second-order valence-electron chi connectivity index (χ2n) is 3.51. The third-order valence-electron chi connectivity index (χ3n) is 2.37. The number of hydrogen-bond donors (Lipinski definition) is 0. The Kier molecular flexibility index (Phi) is 3.09. The fourth-order valence-corrected chi connectivity index (χ4v) is 1.30. The predicted molar refractivity (Wildman–Crippen MR) is 49.4 cm³/mol. The van der Waals surface area contributed by atoms with Crippen molar-refractivity contribution in [2.75, 3.05) is 13.2 Å². The third kappa shape index (κ3) is 2.31. The van der Waals surface area contributed by atoms with Crippen LogP contribution in [0.3, 0.4) is 0 Å². The van der Waals surface area contributed by atoms with Crippen LogP contribution < -0.4 is 0 Å². The Morgan fingerprint density at radius 3 is 2.77 bits per heavy atom. The molecule has 13 heavy (non-hydrogen) atoms. The van der Waals surface area contributed by atoms with E-state index in [1.165, 1.54) is 0 Å². The van der Waals surface area contributed by atoms with Crippen molar-refractivity contribution in [3.63, 3.8) is 0 Å². The minimum absolute atomic E-state index is 0.313. The van der Waals surface area contributed by atoms with Crippen molar-refractivity contribution in [1.82, 2.24) is 0 Å². The van der Waals surface area contributed by atoms with E-state index in [2.05, 4.69) is 6.58 Å². The van der Waals surface area contributed by atoms with Gasteiger partial charge in [0.05, 0.1) is 13.2 Å². The van der Waals surface area contributed by atoms with Crippen LogP contribution in [0.2, 0.25) is 0 Å². The minimum Gasteiger partial charge on any atom is -0.453 e. The average Bonchev–Trinajstić information content (AvgIpc) is 2.54. The lowest BCUT2D eigenvalue weighted by Crippen LogP contribution is -2.35. The summed E-state index contributed by atoms with van der Waals surface area (Å²) in [4.78, 5) is 11.3. The van der Waals surface area contributed by atoms with Crippen molar-refractivity contribution in [2.24, 2.45) is 0 Å². The highest BCUT2D eigenvalue weighted by atomic mass is 16.6. The van der Waals surface area contributed by atoms with Gasteiger partial charge in [-0.15, -0.1) is 0 Å². The molecule has 3 heteroatoms. The molecule has 1 heterocycles. The van der Waals surface area contributed by atoms with Crippen LogP contribution in [0.4, 0.5) is 0 Å². The van der Waals surface area contributed by atoms with Crippen molar-refractivity contribution < 1.29 is 14.3 Å². The smallest absolute Gasteiger partial charge is 0.333 e. The van der Waals surface area contributed by atoms with Crippen LogP contribution >= 0.6 is 0 Å². The largest absolute Gasteiger partial charge is 0.453 e. The van der Waals surface area contributed by atoms with E-state index in [0.29, 0.717) is 18.8 Å². The lowest BCUT2D eigenvalue weighted by Gasteiger charge is -2.25. The normalized spacial score (nSPS) is 27.2. The highest BCUT2D eigenvalue weighted by molar-refractivity contribution is 5.87. The molecule has 0 bridgehead atoms. The zero-order valence-corrected chi connectivity index (χ0v) is 8.26. The van der Waals surface area contributed by atoms with Gasteiger partial charge in [-0.3, -0.25) is 0 Å². The highest BCUT2D eigenvalue weighted by Crippen LogP contribution is 2.27. The first-order valence-electron chi connectivity index (χ1n) is 4.56. The summed E-state index contributed by atoms with van der Waals surface area (Å²) in [6.07, 6.45) is 1.59. The second-order valence-corrected chi connectivity index (χ2v) is 3.51. The topological polar surface area (TPSA) is 35.5 Å². The summed E-state index contributed by atoms with van der Waals surface area (Å²) < 4.78 is 10.6. The molecule has 0 radical (unpaired) electrons. The van der Waals surface area contributed by atoms with Crippen LogP contribution in [0.15, 0.2) is 12.2 Å². The Balaban J connectivity index is 2.58. The molecular formula is C10H16O3. The van der Waals surface area contributed by atoms with Crippen LogP contribution in [0, 0.1) is 0 Å². The van der Waals surface area contributed by atoms with Crippen LogP contribution in [0.1, 0.15) is 26.7 Å². The lowest BCUT2D eigenvalue weighted by molar-refractivity contribution is -0.155. The first kappa shape index (κ1) is 10.3. The standard InChI is InChI=1S/C10H16O3/c1-4-10(5-6-12-7-10)13-9(11)8(2)3/h2,4-7H2,1,3H3. The molecule has 0 N–H and O–H groups in total. The van der Waals surface area contributed by atoms with Crippen molar-refractivity contribution in [3.05, 3.63) is 12.2 Å². The monoisotopic (exact) mass is 184 g/mol. The summed E-state index contributed by atoms with van der Waals surface area (Å²) in [5, 5.41) is 0. The van der Waals surface area contributed by atoms with Gasteiger partial charge >= 0.3 is 5.97 Å². The number of hydrogen-bond acceptors (Lipinski definition) is 3. The number of rotatable bonds is 3. The molecule has 3 nitrogen and oxygen atoms in total. The number of esters is 1. The summed E-state index contributed by atoms with van der Waals surface area (Å²) in [7, 11) is 0. The molecule has 1 unspecified atom stereocenters. The molecule has 0 aromatic heterocycles. The van der Waals surface area contributed by atoms with E-state index < -0.39 is 5.60 Å². The van der Waals surface area contributed by atoms with Gasteiger partial charge in [-0.2, -0.15) is 0 Å². The van der Waals surface area contributed by atoms with Crippen molar-refractivity contribution in [1.29, 1.82) is 0 Å². The zero-order chi connectivity index (χ0) is 9.90. The van der Waals surface area contributed by atoms with Gasteiger partial charge in [-0.25, -0.2) is 4.79 Å². The van der Waals surface area contributed by atoms with Gasteiger partial charge in [0.25, 0.3) is 0 Å². The van der Waals surface area contributed by atoms with E-state index in [-0.39, 0.29) is 5.97 Å². The van der Waals surface area contributed by atoms with Gasteiger partial charge in [-0.1, -0.05) is 13.5 Å². The van der Waals surface area contributed by atoms with E-state index in [1.807, 2.05) is 6.92 Å². The first-order valence-corrected chi connectivity index (χ1v) is 4.56. The van der Waals surface area contributed by atoms with E-state index in [1.54, 1.807) is 6.92 Å². The number of carbonyl (C=O) groups is 1. The lowest BCUT2D eigenvalue weighted by atomic mass is 10.00. The summed E-state index contributed by atoms with van der Waals surface area (Å²) in [5.41, 5.74) is 0.0514. The summed E-state index contributed by atoms with van der Waals surface area (Å²) in [5.74, 6) is -0.313. The molecule has 0 aliphatic carbocycles. The Morgan fingerprint density at radius 1 is 1.69 bits per heavy atom. The van der Waals surface area contributed by atoms with Gasteiger partial charge in [0.1, 0.15) is 5.60 Å². The van der Waals surface area contributed by atoms with Crippen molar-refractivity contribution >= 4 is 5.97 Å². The van der Waals surface area contributed by atoms with E-state index >= 15 is 0 Å². The zero-order valence-electron chi connectivity index (χ0n) is 8.26. The third-order valence-corrected chi connectivity index (χ3v) is 2.37. The molecule has 1 fully saturated rings. The SMILES string of the molecule is C=C(C)C(=O)OC1(CC)CCOC1. The Hall–Kier alpha value is -0.830. The van der Waals surface area contributed by atoms with Crippen LogP contribution in [0.5, 0.6) is 0 Å². The molecule has 0 saturated carbocycles. The Labute approximate surface area is 78.7 Å². The van der Waals surface area contributed by atoms with E-state index in [9.17, 15) is 4.79 Å². The first-order chi connectivity index (χ1) is 6.09. The predicted octanol–water partition coefficient (Wildman–Crippen LogP) is 1.67. The number of ether oxygens (including phenoxy) is 2. The molecule has 74 valence electrons. The summed E-state index contributed by atoms with van der Waals surface area (Å²) in [6, 6.07) is 0. The average molecular weight is 184 g/mol. The highest BCUT2D eigenvalue weighted by Gasteiger charge is 2.37. The summed E-state index contributed by atoms with van der Waals surface area (Å²) in [6.45, 7) is 8.40. The number of carbonyl (C=O) groups excluding carboxylic acids is 1. The van der Waals surface area contributed by atoms with Gasteiger partial charge < -0.3 is 9.47 Å². The van der Waals surface area contributed by atoms with Crippen molar-refractivity contribution in [2.45, 2.75) is 32.3 Å². The molecule has 0 amide bonds. The molecular weight excluding hydrogens is 168 g/mol. The molecule has 0 aromatic carbocycles. The Morgan fingerprint density at radius 2 is 2.38 bits per heavy atom. The molecule has 1 rings (SSSR count). The van der Waals surface area contributed by atoms with E-state index in [0.717, 1.165) is 12.8 Å². The molecule has 1 aliphatic rings. The Bertz CT molecular complexity index is 214. The molecule has 0 spiro atoms. The summed E-state index contributed by atoms with van der Waals surface area (Å²) >= 11 is 0. The van der Waals surface area contributed by atoms with Crippen LogP contribution in [0.25, 0.3) is 0 Å². The van der Waals surface area contributed by atoms with Gasteiger partial charge in [0, 0.05) is 12.0 Å². The minimum atomic E-state index is -0.393. The molecule has 0 aromatic rings. The molecule has 1 aliphatic heterocycles. The van der Waals surface area contributed by atoms with Gasteiger partial charge in [-0.05, 0) is 13.3 Å².